The highest BCUT2D eigenvalue weighted by Crippen LogP contribution is 2.31. The number of ether oxygens (including phenoxy) is 3. The number of rotatable bonds is 6. The Balaban J connectivity index is 1.67. The fraction of sp³-hybridized carbons (Fsp3) is 0.474. The Bertz CT molecular complexity index is 749. The molecule has 146 valence electrons. The molecule has 2 heterocycles. The summed E-state index contributed by atoms with van der Waals surface area (Å²) in [5.74, 6) is 1.03. The van der Waals surface area contributed by atoms with Gasteiger partial charge in [0, 0.05) is 18.8 Å². The Morgan fingerprint density at radius 2 is 2.07 bits per heavy atom. The van der Waals surface area contributed by atoms with Gasteiger partial charge in [-0.3, -0.25) is 4.90 Å². The van der Waals surface area contributed by atoms with E-state index in [0.29, 0.717) is 31.0 Å². The lowest BCUT2D eigenvalue weighted by molar-refractivity contribution is -0.139. The van der Waals surface area contributed by atoms with Crippen molar-refractivity contribution in [1.29, 1.82) is 0 Å². The SMILES string of the molecule is CCOC(=O)C1=C(CN(C)C[C@H]2COc3ccccc3O2)NC(=O)N[C@H]1C. The van der Waals surface area contributed by atoms with Gasteiger partial charge in [0.2, 0.25) is 0 Å². The lowest BCUT2D eigenvalue weighted by Crippen LogP contribution is -2.51. The number of carbonyl (C=O) groups is 2. The molecule has 2 amide bonds. The molecule has 2 aliphatic heterocycles. The van der Waals surface area contributed by atoms with Gasteiger partial charge in [0.05, 0.1) is 18.2 Å². The number of benzene rings is 1. The summed E-state index contributed by atoms with van der Waals surface area (Å²) in [6, 6.07) is 6.80. The van der Waals surface area contributed by atoms with Crippen LogP contribution in [-0.4, -0.2) is 62.4 Å². The number of carbonyl (C=O) groups excluding carboxylic acids is 2. The highest BCUT2D eigenvalue weighted by atomic mass is 16.6. The van der Waals surface area contributed by atoms with E-state index in [1.165, 1.54) is 0 Å². The van der Waals surface area contributed by atoms with Crippen LogP contribution in [0.25, 0.3) is 0 Å². The van der Waals surface area contributed by atoms with E-state index < -0.39 is 12.0 Å². The number of esters is 1. The van der Waals surface area contributed by atoms with Crippen LogP contribution in [0.15, 0.2) is 35.5 Å². The Kier molecular flexibility index (Phi) is 5.85. The zero-order valence-electron chi connectivity index (χ0n) is 15.8. The molecule has 0 fully saturated rings. The molecule has 0 aromatic heterocycles. The molecule has 0 bridgehead atoms. The van der Waals surface area contributed by atoms with Crippen LogP contribution in [0.2, 0.25) is 0 Å². The quantitative estimate of drug-likeness (QED) is 0.728. The molecule has 0 radical (unpaired) electrons. The summed E-state index contributed by atoms with van der Waals surface area (Å²) in [5.41, 5.74) is 0.985. The summed E-state index contributed by atoms with van der Waals surface area (Å²) < 4.78 is 16.8. The molecule has 2 aliphatic rings. The van der Waals surface area contributed by atoms with E-state index in [0.717, 1.165) is 11.5 Å². The maximum Gasteiger partial charge on any atom is 0.337 e. The van der Waals surface area contributed by atoms with Gasteiger partial charge >= 0.3 is 12.0 Å². The fourth-order valence-electron chi connectivity index (χ4n) is 3.24. The lowest BCUT2D eigenvalue weighted by Gasteiger charge is -2.32. The van der Waals surface area contributed by atoms with Crippen molar-refractivity contribution in [2.75, 3.05) is 33.4 Å². The smallest absolute Gasteiger partial charge is 0.337 e. The van der Waals surface area contributed by atoms with Crippen molar-refractivity contribution in [3.8, 4) is 11.5 Å². The molecular formula is C19H25N3O5. The summed E-state index contributed by atoms with van der Waals surface area (Å²) in [7, 11) is 1.90. The highest BCUT2D eigenvalue weighted by Gasteiger charge is 2.31. The zero-order chi connectivity index (χ0) is 19.4. The van der Waals surface area contributed by atoms with Gasteiger partial charge in [-0.25, -0.2) is 9.59 Å². The third kappa shape index (κ3) is 4.51. The summed E-state index contributed by atoms with van der Waals surface area (Å²) in [4.78, 5) is 26.1. The second kappa shape index (κ2) is 8.30. The molecular weight excluding hydrogens is 350 g/mol. The third-order valence-corrected chi connectivity index (χ3v) is 4.38. The van der Waals surface area contributed by atoms with E-state index in [1.807, 2.05) is 36.2 Å². The van der Waals surface area contributed by atoms with Crippen LogP contribution < -0.4 is 20.1 Å². The molecule has 0 saturated carbocycles. The van der Waals surface area contributed by atoms with Gasteiger partial charge in [-0.2, -0.15) is 0 Å². The van der Waals surface area contributed by atoms with E-state index in [1.54, 1.807) is 13.8 Å². The van der Waals surface area contributed by atoms with Crippen LogP contribution in [0.3, 0.4) is 0 Å². The molecule has 1 aromatic carbocycles. The second-order valence-electron chi connectivity index (χ2n) is 6.63. The van der Waals surface area contributed by atoms with E-state index in [9.17, 15) is 9.59 Å². The molecule has 0 spiro atoms. The van der Waals surface area contributed by atoms with Crippen molar-refractivity contribution in [2.45, 2.75) is 26.0 Å². The van der Waals surface area contributed by atoms with Crippen LogP contribution in [0.4, 0.5) is 4.79 Å². The number of amides is 2. The topological polar surface area (TPSA) is 89.1 Å². The predicted octanol–water partition coefficient (Wildman–Crippen LogP) is 1.28. The monoisotopic (exact) mass is 375 g/mol. The molecule has 8 heteroatoms. The standard InChI is InChI=1S/C19H25N3O5/c1-4-25-18(23)17-12(2)20-19(24)21-14(17)10-22(3)9-13-11-26-15-7-5-6-8-16(15)27-13/h5-8,12-13H,4,9-11H2,1-3H3,(H2,20,21,24)/t12-,13-/m0/s1. The zero-order valence-corrected chi connectivity index (χ0v) is 15.8. The van der Waals surface area contributed by atoms with Crippen molar-refractivity contribution in [1.82, 2.24) is 15.5 Å². The van der Waals surface area contributed by atoms with Gasteiger partial charge < -0.3 is 24.8 Å². The van der Waals surface area contributed by atoms with E-state index in [2.05, 4.69) is 10.6 Å². The minimum atomic E-state index is -0.424. The average molecular weight is 375 g/mol. The number of para-hydroxylation sites is 2. The van der Waals surface area contributed by atoms with Crippen molar-refractivity contribution in [3.63, 3.8) is 0 Å². The normalized spacial score (nSPS) is 21.6. The van der Waals surface area contributed by atoms with Gasteiger partial charge in [-0.05, 0) is 33.0 Å². The summed E-state index contributed by atoms with van der Waals surface area (Å²) in [6.45, 7) is 5.19. The minimum Gasteiger partial charge on any atom is -0.486 e. The van der Waals surface area contributed by atoms with Gasteiger partial charge in [-0.1, -0.05) is 12.1 Å². The van der Waals surface area contributed by atoms with Gasteiger partial charge in [0.15, 0.2) is 11.5 Å². The minimum absolute atomic E-state index is 0.147. The fourth-order valence-corrected chi connectivity index (χ4v) is 3.24. The van der Waals surface area contributed by atoms with Gasteiger partial charge in [-0.15, -0.1) is 0 Å². The van der Waals surface area contributed by atoms with Crippen molar-refractivity contribution < 1.29 is 23.8 Å². The van der Waals surface area contributed by atoms with E-state index in [4.69, 9.17) is 14.2 Å². The van der Waals surface area contributed by atoms with Crippen LogP contribution in [0.1, 0.15) is 13.8 Å². The third-order valence-electron chi connectivity index (χ3n) is 4.38. The number of nitrogens with one attached hydrogen (secondary N) is 2. The molecule has 3 rings (SSSR count). The first-order valence-electron chi connectivity index (χ1n) is 9.02. The maximum absolute atomic E-state index is 12.3. The van der Waals surface area contributed by atoms with Crippen molar-refractivity contribution >= 4 is 12.0 Å². The van der Waals surface area contributed by atoms with E-state index in [-0.39, 0.29) is 18.7 Å². The number of hydrogen-bond donors (Lipinski definition) is 2. The lowest BCUT2D eigenvalue weighted by atomic mass is 10.0. The van der Waals surface area contributed by atoms with Gasteiger partial charge in [0.1, 0.15) is 12.7 Å². The first kappa shape index (κ1) is 19.0. The van der Waals surface area contributed by atoms with Crippen LogP contribution >= 0.6 is 0 Å². The van der Waals surface area contributed by atoms with Crippen molar-refractivity contribution in [3.05, 3.63) is 35.5 Å². The van der Waals surface area contributed by atoms with Crippen LogP contribution in [0, 0.1) is 0 Å². The molecule has 0 saturated heterocycles. The Morgan fingerprint density at radius 1 is 1.33 bits per heavy atom. The second-order valence-corrected chi connectivity index (χ2v) is 6.63. The molecule has 1 aromatic rings. The van der Waals surface area contributed by atoms with E-state index >= 15 is 0 Å². The van der Waals surface area contributed by atoms with Gasteiger partial charge in [0.25, 0.3) is 0 Å². The number of hydrogen-bond acceptors (Lipinski definition) is 6. The molecule has 2 N–H and O–H groups in total. The Morgan fingerprint density at radius 3 is 2.81 bits per heavy atom. The maximum atomic E-state index is 12.3. The number of nitrogens with zero attached hydrogens (tertiary/aromatic N) is 1. The molecule has 27 heavy (non-hydrogen) atoms. The first-order chi connectivity index (χ1) is 13.0. The Labute approximate surface area is 158 Å². The van der Waals surface area contributed by atoms with Crippen molar-refractivity contribution in [2.24, 2.45) is 0 Å². The summed E-state index contributed by atoms with van der Waals surface area (Å²) in [5, 5.41) is 5.43. The highest BCUT2D eigenvalue weighted by molar-refractivity contribution is 5.94. The van der Waals surface area contributed by atoms with Crippen LogP contribution in [0.5, 0.6) is 11.5 Å². The largest absolute Gasteiger partial charge is 0.486 e. The average Bonchev–Trinajstić information content (AvgIpc) is 2.61. The molecule has 2 atom stereocenters. The first-order valence-corrected chi connectivity index (χ1v) is 9.02. The number of urea groups is 1. The number of fused-ring (bicyclic) bond motifs is 1. The summed E-state index contributed by atoms with van der Waals surface area (Å²) >= 11 is 0. The molecule has 0 unspecified atom stereocenters. The molecule has 8 nitrogen and oxygen atoms in total. The predicted molar refractivity (Wildman–Crippen MR) is 98.6 cm³/mol. The summed E-state index contributed by atoms with van der Waals surface area (Å²) in [6.07, 6.45) is -0.147. The van der Waals surface area contributed by atoms with Crippen LogP contribution in [-0.2, 0) is 9.53 Å². The number of likely N-dealkylation sites (N-methyl/N-ethyl adjacent to an activating group) is 1. The Hall–Kier alpha value is -2.74. The molecule has 0 aliphatic carbocycles.